The van der Waals surface area contributed by atoms with E-state index in [4.69, 9.17) is 4.52 Å². The molecule has 30 heavy (non-hydrogen) atoms. The van der Waals surface area contributed by atoms with Gasteiger partial charge in [-0.3, -0.25) is 9.48 Å². The predicted molar refractivity (Wildman–Crippen MR) is 115 cm³/mol. The first-order chi connectivity index (χ1) is 14.6. The van der Waals surface area contributed by atoms with Gasteiger partial charge in [0, 0.05) is 41.6 Å². The van der Waals surface area contributed by atoms with Crippen LogP contribution in [0, 0.1) is 13.8 Å². The summed E-state index contributed by atoms with van der Waals surface area (Å²) in [6, 6.07) is 12.2. The third kappa shape index (κ3) is 4.65. The first-order valence-corrected chi connectivity index (χ1v) is 10.7. The fraction of sp³-hybridized carbons (Fsp3) is 0.273. The van der Waals surface area contributed by atoms with Crippen LogP contribution in [0.15, 0.2) is 51.7 Å². The molecule has 0 saturated heterocycles. The van der Waals surface area contributed by atoms with Gasteiger partial charge in [0.05, 0.1) is 12.2 Å². The summed E-state index contributed by atoms with van der Waals surface area (Å²) in [5.74, 6) is 0.970. The number of aromatic nitrogens is 4. The molecule has 0 radical (unpaired) electrons. The number of hydrogen-bond donors (Lipinski definition) is 1. The van der Waals surface area contributed by atoms with Crippen molar-refractivity contribution in [2.75, 3.05) is 0 Å². The monoisotopic (exact) mass is 421 g/mol. The Morgan fingerprint density at radius 1 is 1.20 bits per heavy atom. The van der Waals surface area contributed by atoms with Crippen LogP contribution in [0.1, 0.15) is 34.8 Å². The molecule has 0 atom stereocenters. The molecule has 1 aromatic carbocycles. The van der Waals surface area contributed by atoms with Gasteiger partial charge in [0.2, 0.25) is 17.6 Å². The van der Waals surface area contributed by atoms with Gasteiger partial charge >= 0.3 is 0 Å². The number of carbonyl (C=O) groups excluding carboxylic acids is 1. The number of rotatable bonds is 8. The van der Waals surface area contributed by atoms with Crippen LogP contribution in [-0.4, -0.2) is 25.8 Å². The highest BCUT2D eigenvalue weighted by molar-refractivity contribution is 7.08. The molecule has 0 aliphatic carbocycles. The maximum atomic E-state index is 12.3. The largest absolute Gasteiger partial charge is 0.352 e. The number of carbonyl (C=O) groups is 1. The molecule has 0 bridgehead atoms. The number of hydrogen-bond acceptors (Lipinski definition) is 6. The zero-order valence-corrected chi connectivity index (χ0v) is 17.8. The summed E-state index contributed by atoms with van der Waals surface area (Å²) >= 11 is 1.58. The van der Waals surface area contributed by atoms with Crippen molar-refractivity contribution in [3.63, 3.8) is 0 Å². The minimum absolute atomic E-state index is 0.0557. The Hall–Kier alpha value is -3.26. The molecule has 0 fully saturated rings. The third-order valence-corrected chi connectivity index (χ3v) is 5.67. The lowest BCUT2D eigenvalue weighted by atomic mass is 10.2. The van der Waals surface area contributed by atoms with Crippen LogP contribution in [0.3, 0.4) is 0 Å². The van der Waals surface area contributed by atoms with E-state index in [2.05, 4.69) is 32.7 Å². The van der Waals surface area contributed by atoms with Gasteiger partial charge < -0.3 is 9.84 Å². The second kappa shape index (κ2) is 9.04. The Kier molecular flexibility index (Phi) is 6.04. The van der Waals surface area contributed by atoms with Gasteiger partial charge in [-0.05, 0) is 30.9 Å². The van der Waals surface area contributed by atoms with Crippen molar-refractivity contribution in [3.05, 3.63) is 75.6 Å². The summed E-state index contributed by atoms with van der Waals surface area (Å²) in [7, 11) is 0. The predicted octanol–water partition coefficient (Wildman–Crippen LogP) is 3.91. The number of benzene rings is 1. The van der Waals surface area contributed by atoms with Crippen molar-refractivity contribution in [1.29, 1.82) is 0 Å². The molecular formula is C22H23N5O2S. The van der Waals surface area contributed by atoms with Gasteiger partial charge in [-0.25, -0.2) is 0 Å². The second-order valence-corrected chi connectivity index (χ2v) is 7.87. The van der Waals surface area contributed by atoms with Crippen LogP contribution in [0.5, 0.6) is 0 Å². The summed E-state index contributed by atoms with van der Waals surface area (Å²) in [6.07, 6.45) is 0.704. The van der Waals surface area contributed by atoms with Gasteiger partial charge in [-0.15, -0.1) is 0 Å². The molecule has 4 aromatic rings. The first-order valence-electron chi connectivity index (χ1n) is 9.79. The van der Waals surface area contributed by atoms with E-state index >= 15 is 0 Å². The highest BCUT2D eigenvalue weighted by Crippen LogP contribution is 2.19. The number of aryl methyl sites for hydroxylation is 2. The van der Waals surface area contributed by atoms with E-state index in [1.807, 2.05) is 53.6 Å². The molecule has 1 N–H and O–H groups in total. The summed E-state index contributed by atoms with van der Waals surface area (Å²) in [5.41, 5.74) is 5.17. The highest BCUT2D eigenvalue weighted by Gasteiger charge is 2.14. The molecule has 0 aliphatic heterocycles. The van der Waals surface area contributed by atoms with Crippen molar-refractivity contribution in [3.8, 4) is 11.4 Å². The Labute approximate surface area is 178 Å². The topological polar surface area (TPSA) is 85.8 Å². The molecule has 0 saturated carbocycles. The molecule has 7 nitrogen and oxygen atoms in total. The molecule has 4 rings (SSSR count). The standard InChI is InChI=1S/C22H23N5O2S/c1-15-19(16(2)27(25-15)13-17-6-4-3-5-7-17)12-23-20(28)8-9-21-24-22(26-29-21)18-10-11-30-14-18/h3-7,10-11,14H,8-9,12-13H2,1-2H3,(H,23,28). The van der Waals surface area contributed by atoms with E-state index < -0.39 is 0 Å². The quantitative estimate of drug-likeness (QED) is 0.466. The van der Waals surface area contributed by atoms with Crippen LogP contribution >= 0.6 is 11.3 Å². The normalized spacial score (nSPS) is 11.0. The van der Waals surface area contributed by atoms with Crippen LogP contribution < -0.4 is 5.32 Å². The molecule has 1 amide bonds. The van der Waals surface area contributed by atoms with Crippen molar-refractivity contribution in [1.82, 2.24) is 25.2 Å². The Morgan fingerprint density at radius 3 is 2.80 bits per heavy atom. The molecule has 0 aliphatic rings. The number of thiophene rings is 1. The van der Waals surface area contributed by atoms with E-state index in [1.165, 1.54) is 5.56 Å². The minimum atomic E-state index is -0.0557. The maximum absolute atomic E-state index is 12.3. The smallest absolute Gasteiger partial charge is 0.227 e. The Bertz CT molecular complexity index is 1120. The minimum Gasteiger partial charge on any atom is -0.352 e. The zero-order chi connectivity index (χ0) is 20.9. The van der Waals surface area contributed by atoms with E-state index in [0.29, 0.717) is 37.6 Å². The van der Waals surface area contributed by atoms with Crippen LogP contribution in [0.2, 0.25) is 0 Å². The van der Waals surface area contributed by atoms with Gasteiger partial charge in [0.15, 0.2) is 0 Å². The summed E-state index contributed by atoms with van der Waals surface area (Å²) in [5, 5.41) is 15.5. The van der Waals surface area contributed by atoms with Crippen molar-refractivity contribution in [2.24, 2.45) is 0 Å². The van der Waals surface area contributed by atoms with Gasteiger partial charge in [-0.2, -0.15) is 21.4 Å². The molecule has 3 aromatic heterocycles. The zero-order valence-electron chi connectivity index (χ0n) is 17.0. The Balaban J connectivity index is 1.31. The fourth-order valence-electron chi connectivity index (χ4n) is 3.26. The third-order valence-electron chi connectivity index (χ3n) is 4.98. The molecule has 8 heteroatoms. The van der Waals surface area contributed by atoms with Crippen LogP contribution in [0.4, 0.5) is 0 Å². The number of amides is 1. The lowest BCUT2D eigenvalue weighted by Crippen LogP contribution is -2.23. The fourth-order valence-corrected chi connectivity index (χ4v) is 3.90. The first kappa shape index (κ1) is 20.0. The van der Waals surface area contributed by atoms with E-state index in [0.717, 1.165) is 22.5 Å². The highest BCUT2D eigenvalue weighted by atomic mass is 32.1. The maximum Gasteiger partial charge on any atom is 0.227 e. The number of nitrogens with one attached hydrogen (secondary N) is 1. The molecular weight excluding hydrogens is 398 g/mol. The Morgan fingerprint density at radius 2 is 2.03 bits per heavy atom. The number of nitrogens with zero attached hydrogens (tertiary/aromatic N) is 4. The second-order valence-electron chi connectivity index (χ2n) is 7.09. The van der Waals surface area contributed by atoms with Gasteiger partial charge in [0.1, 0.15) is 0 Å². The van der Waals surface area contributed by atoms with Gasteiger partial charge in [0.25, 0.3) is 0 Å². The van der Waals surface area contributed by atoms with Gasteiger partial charge in [-0.1, -0.05) is 35.5 Å². The average molecular weight is 422 g/mol. The molecule has 3 heterocycles. The summed E-state index contributed by atoms with van der Waals surface area (Å²) < 4.78 is 7.23. The van der Waals surface area contributed by atoms with Crippen LogP contribution in [-0.2, 0) is 24.3 Å². The SMILES string of the molecule is Cc1nn(Cc2ccccc2)c(C)c1CNC(=O)CCc1nc(-c2ccsc2)no1. The van der Waals surface area contributed by atoms with Crippen LogP contribution in [0.25, 0.3) is 11.4 Å². The molecule has 0 unspecified atom stereocenters. The lowest BCUT2D eigenvalue weighted by Gasteiger charge is -2.07. The van der Waals surface area contributed by atoms with Crippen molar-refractivity contribution < 1.29 is 9.32 Å². The van der Waals surface area contributed by atoms with Crippen molar-refractivity contribution in [2.45, 2.75) is 39.8 Å². The van der Waals surface area contributed by atoms with Crippen molar-refractivity contribution >= 4 is 17.2 Å². The average Bonchev–Trinajstić information content (AvgIpc) is 3.48. The van der Waals surface area contributed by atoms with E-state index in [1.54, 1.807) is 11.3 Å². The van der Waals surface area contributed by atoms with E-state index in [-0.39, 0.29) is 5.91 Å². The lowest BCUT2D eigenvalue weighted by molar-refractivity contribution is -0.121. The molecule has 154 valence electrons. The summed E-state index contributed by atoms with van der Waals surface area (Å²) in [6.45, 7) is 5.18. The summed E-state index contributed by atoms with van der Waals surface area (Å²) in [4.78, 5) is 16.7. The molecule has 0 spiro atoms. The van der Waals surface area contributed by atoms with E-state index in [9.17, 15) is 4.79 Å².